The van der Waals surface area contributed by atoms with Crippen molar-refractivity contribution in [2.75, 3.05) is 11.4 Å². The molecule has 0 unspecified atom stereocenters. The van der Waals surface area contributed by atoms with Crippen molar-refractivity contribution in [3.8, 4) is 11.5 Å². The van der Waals surface area contributed by atoms with Gasteiger partial charge in [0, 0.05) is 25.8 Å². The molecule has 35 heavy (non-hydrogen) atoms. The lowest BCUT2D eigenvalue weighted by atomic mass is 10.2. The zero-order valence-corrected chi connectivity index (χ0v) is 19.2. The zero-order valence-electron chi connectivity index (χ0n) is 19.2. The first-order valence-electron chi connectivity index (χ1n) is 11.4. The molecule has 2 aromatic heterocycles. The van der Waals surface area contributed by atoms with Gasteiger partial charge in [0.1, 0.15) is 11.5 Å². The SMILES string of the molecule is Cn1c(=O)n(Cc2ccccc2)c(=O)c2c1nc1n2CCN1c1ccc(Oc2ccccc2)cc1. The van der Waals surface area contributed by atoms with Crippen LogP contribution in [0.4, 0.5) is 11.6 Å². The van der Waals surface area contributed by atoms with Crippen LogP contribution in [0, 0.1) is 0 Å². The highest BCUT2D eigenvalue weighted by Crippen LogP contribution is 2.33. The van der Waals surface area contributed by atoms with Gasteiger partial charge >= 0.3 is 5.69 Å². The number of aryl methyl sites for hydroxylation is 1. The molecule has 0 saturated heterocycles. The van der Waals surface area contributed by atoms with Crippen LogP contribution in [0.15, 0.2) is 94.5 Å². The van der Waals surface area contributed by atoms with Crippen LogP contribution in [0.2, 0.25) is 0 Å². The zero-order chi connectivity index (χ0) is 23.9. The summed E-state index contributed by atoms with van der Waals surface area (Å²) in [4.78, 5) is 33.2. The maximum Gasteiger partial charge on any atom is 0.332 e. The van der Waals surface area contributed by atoms with Crippen molar-refractivity contribution < 1.29 is 4.74 Å². The molecular weight excluding hydrogens is 442 g/mol. The van der Waals surface area contributed by atoms with Crippen LogP contribution in [0.3, 0.4) is 0 Å². The molecule has 0 saturated carbocycles. The topological polar surface area (TPSA) is 74.3 Å². The van der Waals surface area contributed by atoms with Gasteiger partial charge in [-0.15, -0.1) is 0 Å². The molecule has 0 bridgehead atoms. The fourth-order valence-electron chi connectivity index (χ4n) is 4.55. The van der Waals surface area contributed by atoms with Crippen LogP contribution in [0.25, 0.3) is 11.2 Å². The molecule has 8 nitrogen and oxygen atoms in total. The molecule has 5 aromatic rings. The fourth-order valence-corrected chi connectivity index (χ4v) is 4.55. The number of anilines is 2. The second-order valence-corrected chi connectivity index (χ2v) is 8.51. The summed E-state index contributed by atoms with van der Waals surface area (Å²) in [5.74, 6) is 2.16. The predicted molar refractivity (Wildman–Crippen MR) is 135 cm³/mol. The molecule has 174 valence electrons. The minimum atomic E-state index is -0.378. The van der Waals surface area contributed by atoms with Gasteiger partial charge in [-0.05, 0) is 42.0 Å². The number of hydrogen-bond acceptors (Lipinski definition) is 5. The molecule has 0 atom stereocenters. The number of rotatable bonds is 5. The van der Waals surface area contributed by atoms with E-state index in [-0.39, 0.29) is 17.8 Å². The van der Waals surface area contributed by atoms with Crippen molar-refractivity contribution in [2.45, 2.75) is 13.1 Å². The Morgan fingerprint density at radius 1 is 0.829 bits per heavy atom. The van der Waals surface area contributed by atoms with Crippen molar-refractivity contribution >= 4 is 22.8 Å². The number of imidazole rings is 1. The molecular formula is C27H23N5O3. The average molecular weight is 466 g/mol. The number of para-hydroxylation sites is 1. The maximum atomic E-state index is 13.4. The quantitative estimate of drug-likeness (QED) is 0.394. The lowest BCUT2D eigenvalue weighted by Gasteiger charge is -2.16. The van der Waals surface area contributed by atoms with Gasteiger partial charge in [-0.3, -0.25) is 13.9 Å². The molecule has 6 rings (SSSR count). The third-order valence-corrected chi connectivity index (χ3v) is 6.31. The summed E-state index contributed by atoms with van der Waals surface area (Å²) in [6.45, 7) is 1.50. The minimum Gasteiger partial charge on any atom is -0.457 e. The van der Waals surface area contributed by atoms with Gasteiger partial charge in [0.05, 0.1) is 6.54 Å². The Labute approximate surface area is 200 Å². The molecule has 1 aliphatic rings. The molecule has 3 heterocycles. The molecule has 8 heteroatoms. The van der Waals surface area contributed by atoms with Crippen LogP contribution in [0.5, 0.6) is 11.5 Å². The Morgan fingerprint density at radius 2 is 1.49 bits per heavy atom. The van der Waals surface area contributed by atoms with Crippen molar-refractivity contribution in [3.63, 3.8) is 0 Å². The van der Waals surface area contributed by atoms with E-state index in [0.717, 1.165) is 22.7 Å². The number of ether oxygens (including phenoxy) is 1. The summed E-state index contributed by atoms with van der Waals surface area (Å²) in [6, 6.07) is 26.9. The number of hydrogen-bond donors (Lipinski definition) is 0. The van der Waals surface area contributed by atoms with Crippen molar-refractivity contribution in [1.29, 1.82) is 0 Å². The Bertz CT molecular complexity index is 1630. The van der Waals surface area contributed by atoms with E-state index in [1.54, 1.807) is 7.05 Å². The highest BCUT2D eigenvalue weighted by molar-refractivity contribution is 5.77. The van der Waals surface area contributed by atoms with Gasteiger partial charge in [-0.1, -0.05) is 48.5 Å². The summed E-state index contributed by atoms with van der Waals surface area (Å²) >= 11 is 0. The van der Waals surface area contributed by atoms with Crippen LogP contribution in [0.1, 0.15) is 5.56 Å². The van der Waals surface area contributed by atoms with Crippen molar-refractivity contribution in [2.24, 2.45) is 7.05 Å². The first-order valence-corrected chi connectivity index (χ1v) is 11.4. The van der Waals surface area contributed by atoms with Gasteiger partial charge in [-0.25, -0.2) is 4.79 Å². The number of aromatic nitrogens is 4. The largest absolute Gasteiger partial charge is 0.457 e. The maximum absolute atomic E-state index is 13.4. The van der Waals surface area contributed by atoms with Gasteiger partial charge < -0.3 is 14.2 Å². The molecule has 0 amide bonds. The van der Waals surface area contributed by atoms with Gasteiger partial charge in [0.2, 0.25) is 5.95 Å². The third-order valence-electron chi connectivity index (χ3n) is 6.31. The van der Waals surface area contributed by atoms with E-state index in [1.807, 2.05) is 89.5 Å². The highest BCUT2D eigenvalue weighted by Gasteiger charge is 2.28. The van der Waals surface area contributed by atoms with Crippen molar-refractivity contribution in [1.82, 2.24) is 18.7 Å². The smallest absolute Gasteiger partial charge is 0.332 e. The van der Waals surface area contributed by atoms with Gasteiger partial charge in [-0.2, -0.15) is 4.98 Å². The van der Waals surface area contributed by atoms with E-state index in [9.17, 15) is 9.59 Å². The second-order valence-electron chi connectivity index (χ2n) is 8.51. The lowest BCUT2D eigenvalue weighted by Crippen LogP contribution is -2.40. The summed E-state index contributed by atoms with van der Waals surface area (Å²) in [5, 5.41) is 0. The number of nitrogens with zero attached hydrogens (tertiary/aromatic N) is 5. The molecule has 0 spiro atoms. The van der Waals surface area contributed by atoms with Crippen LogP contribution >= 0.6 is 0 Å². The van der Waals surface area contributed by atoms with Gasteiger partial charge in [0.15, 0.2) is 11.2 Å². The Balaban J connectivity index is 1.37. The normalized spacial score (nSPS) is 12.8. The Hall–Kier alpha value is -4.59. The minimum absolute atomic E-state index is 0.218. The van der Waals surface area contributed by atoms with E-state index < -0.39 is 0 Å². The average Bonchev–Trinajstić information content (AvgIpc) is 3.47. The van der Waals surface area contributed by atoms with E-state index in [4.69, 9.17) is 9.72 Å². The number of benzene rings is 3. The summed E-state index contributed by atoms with van der Waals surface area (Å²) < 4.78 is 10.5. The second kappa shape index (κ2) is 8.32. The fraction of sp³-hybridized carbons (Fsp3) is 0.148. The van der Waals surface area contributed by atoms with E-state index in [2.05, 4.69) is 4.90 Å². The summed E-state index contributed by atoms with van der Waals surface area (Å²) in [6.07, 6.45) is 0. The standard InChI is InChI=1S/C27H23N5O3/c1-29-24-23(25(33)32(27(29)34)18-19-8-4-2-5-9-19)31-17-16-30(26(31)28-24)20-12-14-22(15-13-20)35-21-10-6-3-7-11-21/h2-15H,16-18H2,1H3. The molecule has 3 aromatic carbocycles. The first-order chi connectivity index (χ1) is 17.1. The molecule has 0 fully saturated rings. The predicted octanol–water partition coefficient (Wildman–Crippen LogP) is 3.89. The Kier molecular flexibility index (Phi) is 4.99. The Morgan fingerprint density at radius 3 is 2.20 bits per heavy atom. The van der Waals surface area contributed by atoms with Crippen molar-refractivity contribution in [3.05, 3.63) is 111 Å². The van der Waals surface area contributed by atoms with Crippen LogP contribution < -0.4 is 20.9 Å². The third kappa shape index (κ3) is 3.59. The summed E-state index contributed by atoms with van der Waals surface area (Å²) in [7, 11) is 1.66. The number of fused-ring (bicyclic) bond motifs is 3. The monoisotopic (exact) mass is 465 g/mol. The molecule has 0 radical (unpaired) electrons. The molecule has 0 aliphatic carbocycles. The first kappa shape index (κ1) is 21.0. The van der Waals surface area contributed by atoms with E-state index >= 15 is 0 Å². The van der Waals surface area contributed by atoms with Crippen LogP contribution in [-0.2, 0) is 20.1 Å². The molecule has 0 N–H and O–H groups in total. The van der Waals surface area contributed by atoms with Crippen LogP contribution in [-0.4, -0.2) is 25.2 Å². The van der Waals surface area contributed by atoms with Gasteiger partial charge in [0.25, 0.3) is 5.56 Å². The summed E-state index contributed by atoms with van der Waals surface area (Å²) in [5.41, 5.74) is 1.98. The lowest BCUT2D eigenvalue weighted by molar-refractivity contribution is 0.482. The van der Waals surface area contributed by atoms with E-state index in [1.165, 1.54) is 9.13 Å². The highest BCUT2D eigenvalue weighted by atomic mass is 16.5. The molecule has 1 aliphatic heterocycles. The van der Waals surface area contributed by atoms with E-state index in [0.29, 0.717) is 30.2 Å².